The molecule has 1 aliphatic rings. The van der Waals surface area contributed by atoms with Gasteiger partial charge in [0.2, 0.25) is 5.95 Å². The van der Waals surface area contributed by atoms with Crippen molar-refractivity contribution in [1.29, 1.82) is 0 Å². The van der Waals surface area contributed by atoms with Crippen LogP contribution in [0.5, 0.6) is 11.5 Å². The van der Waals surface area contributed by atoms with Crippen molar-refractivity contribution in [2.24, 2.45) is 0 Å². The normalized spacial score (nSPS) is 15.0. The monoisotopic (exact) mass is 474 g/mol. The van der Waals surface area contributed by atoms with Crippen LogP contribution >= 0.6 is 0 Å². The molecular formula is C24H19FN6O4. The van der Waals surface area contributed by atoms with Crippen LogP contribution in [0.4, 0.5) is 10.3 Å². The first-order valence-electron chi connectivity index (χ1n) is 10.9. The number of aliphatic hydroxyl groups is 1. The minimum atomic E-state index is -0.555. The van der Waals surface area contributed by atoms with Gasteiger partial charge in [0.15, 0.2) is 17.1 Å². The van der Waals surface area contributed by atoms with Crippen LogP contribution in [-0.4, -0.2) is 49.1 Å². The number of aromatic amines is 1. The second-order valence-corrected chi connectivity index (χ2v) is 8.05. The number of nitrogens with zero attached hydrogens (tertiary/aromatic N) is 4. The summed E-state index contributed by atoms with van der Waals surface area (Å²) in [5, 5.41) is 20.1. The molecule has 0 saturated carbocycles. The fraction of sp³-hybridized carbons (Fsp3) is 0.167. The van der Waals surface area contributed by atoms with Crippen molar-refractivity contribution in [3.8, 4) is 17.2 Å². The average Bonchev–Trinajstić information content (AvgIpc) is 3.38. The van der Waals surface area contributed by atoms with E-state index in [0.29, 0.717) is 40.9 Å². The van der Waals surface area contributed by atoms with Gasteiger partial charge in [-0.15, -0.1) is 0 Å². The van der Waals surface area contributed by atoms with Crippen LogP contribution in [0.3, 0.4) is 0 Å². The number of benzene rings is 2. The van der Waals surface area contributed by atoms with E-state index in [0.717, 1.165) is 5.56 Å². The Morgan fingerprint density at radius 1 is 1.17 bits per heavy atom. The third kappa shape index (κ3) is 3.62. The molecule has 0 spiro atoms. The minimum Gasteiger partial charge on any atom is -0.486 e. The molecule has 2 aromatic carbocycles. The molecule has 1 aliphatic heterocycles. The zero-order valence-electron chi connectivity index (χ0n) is 18.2. The third-order valence-electron chi connectivity index (χ3n) is 5.81. The van der Waals surface area contributed by atoms with Crippen LogP contribution in [-0.2, 0) is 6.61 Å². The smallest absolute Gasteiger partial charge is 0.267 e. The van der Waals surface area contributed by atoms with Gasteiger partial charge in [0.25, 0.3) is 5.56 Å². The third-order valence-corrected chi connectivity index (χ3v) is 5.81. The van der Waals surface area contributed by atoms with E-state index >= 15 is 0 Å². The van der Waals surface area contributed by atoms with E-state index in [4.69, 9.17) is 9.47 Å². The summed E-state index contributed by atoms with van der Waals surface area (Å²) in [4.78, 5) is 22.2. The number of ether oxygens (including phenoxy) is 2. The number of rotatable bonds is 5. The molecule has 11 heteroatoms. The van der Waals surface area contributed by atoms with Crippen LogP contribution in [0.2, 0.25) is 0 Å². The zero-order chi connectivity index (χ0) is 23.9. The maximum Gasteiger partial charge on any atom is 0.267 e. The van der Waals surface area contributed by atoms with Gasteiger partial charge in [-0.25, -0.2) is 9.37 Å². The number of nitrogens with one attached hydrogen (secondary N) is 2. The number of hydrogen-bond acceptors (Lipinski definition) is 8. The van der Waals surface area contributed by atoms with Gasteiger partial charge in [-0.2, -0.15) is 10.1 Å². The molecule has 3 aromatic heterocycles. The molecule has 0 fully saturated rings. The largest absolute Gasteiger partial charge is 0.486 e. The highest BCUT2D eigenvalue weighted by Crippen LogP contribution is 2.32. The number of halogens is 1. The molecule has 3 N–H and O–H groups in total. The van der Waals surface area contributed by atoms with E-state index < -0.39 is 11.4 Å². The first-order valence-corrected chi connectivity index (χ1v) is 10.9. The first kappa shape index (κ1) is 21.1. The van der Waals surface area contributed by atoms with Gasteiger partial charge in [-0.05, 0) is 29.8 Å². The van der Waals surface area contributed by atoms with Crippen LogP contribution < -0.4 is 20.3 Å². The number of H-pyrrole nitrogens is 1. The van der Waals surface area contributed by atoms with E-state index in [9.17, 15) is 14.3 Å². The number of aliphatic hydroxyl groups excluding tert-OH is 1. The van der Waals surface area contributed by atoms with Gasteiger partial charge < -0.3 is 19.9 Å². The van der Waals surface area contributed by atoms with Crippen molar-refractivity contribution in [3.05, 3.63) is 76.6 Å². The Labute approximate surface area is 197 Å². The summed E-state index contributed by atoms with van der Waals surface area (Å²) >= 11 is 0. The van der Waals surface area contributed by atoms with Gasteiger partial charge in [0, 0.05) is 6.20 Å². The molecule has 0 radical (unpaired) electrons. The lowest BCUT2D eigenvalue weighted by Gasteiger charge is -2.27. The fourth-order valence-electron chi connectivity index (χ4n) is 4.10. The van der Waals surface area contributed by atoms with Crippen LogP contribution in [0, 0.1) is 5.82 Å². The molecule has 0 amide bonds. The topological polar surface area (TPSA) is 127 Å². The first-order chi connectivity index (χ1) is 17.1. The van der Waals surface area contributed by atoms with E-state index in [1.54, 1.807) is 36.5 Å². The Balaban J connectivity index is 1.35. The summed E-state index contributed by atoms with van der Waals surface area (Å²) in [6.45, 7) is 0.517. The number of fused-ring (bicyclic) bond motifs is 4. The predicted molar refractivity (Wildman–Crippen MR) is 126 cm³/mol. The number of pyridine rings is 1. The summed E-state index contributed by atoms with van der Waals surface area (Å²) in [7, 11) is 0. The lowest BCUT2D eigenvalue weighted by Crippen LogP contribution is -2.35. The highest BCUT2D eigenvalue weighted by molar-refractivity contribution is 6.02. The predicted octanol–water partition coefficient (Wildman–Crippen LogP) is 2.54. The Hall–Kier alpha value is -4.51. The van der Waals surface area contributed by atoms with E-state index in [1.165, 1.54) is 22.9 Å². The van der Waals surface area contributed by atoms with Gasteiger partial charge >= 0.3 is 0 Å². The van der Waals surface area contributed by atoms with Crippen LogP contribution in [0.15, 0.2) is 59.7 Å². The van der Waals surface area contributed by atoms with E-state index in [1.807, 2.05) is 0 Å². The summed E-state index contributed by atoms with van der Waals surface area (Å²) < 4.78 is 27.7. The molecular weight excluding hydrogens is 455 g/mol. The average molecular weight is 474 g/mol. The van der Waals surface area contributed by atoms with Gasteiger partial charge in [-0.1, -0.05) is 18.2 Å². The second kappa shape index (κ2) is 8.37. The fourth-order valence-corrected chi connectivity index (χ4v) is 4.10. The van der Waals surface area contributed by atoms with Crippen LogP contribution in [0.1, 0.15) is 5.56 Å². The number of anilines is 1. The Morgan fingerprint density at radius 3 is 2.91 bits per heavy atom. The number of aromatic nitrogens is 5. The van der Waals surface area contributed by atoms with Crippen molar-refractivity contribution < 1.29 is 19.0 Å². The minimum absolute atomic E-state index is 0.0792. The molecule has 0 saturated heterocycles. The van der Waals surface area contributed by atoms with Crippen LogP contribution in [0.25, 0.3) is 27.6 Å². The lowest BCUT2D eigenvalue weighted by atomic mass is 10.2. The Kier molecular flexibility index (Phi) is 5.03. The maximum atomic E-state index is 14.7. The van der Waals surface area contributed by atoms with Crippen molar-refractivity contribution in [3.63, 3.8) is 0 Å². The number of para-hydroxylation sites is 1. The van der Waals surface area contributed by atoms with Crippen molar-refractivity contribution in [1.82, 2.24) is 24.7 Å². The van der Waals surface area contributed by atoms with Crippen molar-refractivity contribution in [2.45, 2.75) is 12.7 Å². The molecule has 0 aliphatic carbocycles. The summed E-state index contributed by atoms with van der Waals surface area (Å²) in [5.74, 6) is 0.835. The molecule has 0 unspecified atom stereocenters. The molecule has 10 nitrogen and oxygen atoms in total. The Morgan fingerprint density at radius 2 is 2.06 bits per heavy atom. The maximum absolute atomic E-state index is 14.7. The highest BCUT2D eigenvalue weighted by Gasteiger charge is 2.22. The molecule has 35 heavy (non-hydrogen) atoms. The van der Waals surface area contributed by atoms with E-state index in [2.05, 4.69) is 25.5 Å². The summed E-state index contributed by atoms with van der Waals surface area (Å²) in [5.41, 5.74) is 1.06. The SMILES string of the molecule is O=c1c2cn[nH]c2c2cnc(NC[C@H]3COc4ccc(CO)cc4O3)nc2n1-c1ccccc1F. The molecule has 6 rings (SSSR count). The zero-order valence-corrected chi connectivity index (χ0v) is 18.2. The molecule has 1 atom stereocenters. The molecule has 4 heterocycles. The summed E-state index contributed by atoms with van der Waals surface area (Å²) in [6, 6.07) is 11.3. The lowest BCUT2D eigenvalue weighted by molar-refractivity contribution is 0.0992. The quantitative estimate of drug-likeness (QED) is 0.355. The van der Waals surface area contributed by atoms with Gasteiger partial charge in [0.05, 0.1) is 41.3 Å². The molecule has 0 bridgehead atoms. The molecule has 176 valence electrons. The van der Waals surface area contributed by atoms with Gasteiger partial charge in [0.1, 0.15) is 18.5 Å². The van der Waals surface area contributed by atoms with Crippen molar-refractivity contribution in [2.75, 3.05) is 18.5 Å². The number of hydrogen-bond donors (Lipinski definition) is 3. The second-order valence-electron chi connectivity index (χ2n) is 8.05. The van der Waals surface area contributed by atoms with Gasteiger partial charge in [-0.3, -0.25) is 14.5 Å². The molecule has 5 aromatic rings. The highest BCUT2D eigenvalue weighted by atomic mass is 19.1. The van der Waals surface area contributed by atoms with E-state index in [-0.39, 0.29) is 30.0 Å². The standard InChI is InChI=1S/C24H19FN6O4/c25-17-3-1-2-4-18(17)31-22-15(21-16(23(31)33)10-28-30-21)9-27-24(29-22)26-8-14-12-34-19-6-5-13(11-32)7-20(19)35-14/h1-7,9-10,14,32H,8,11-12H2,(H,28,30)(H,26,27,29)/t14-/m0/s1. The summed E-state index contributed by atoms with van der Waals surface area (Å²) in [6.07, 6.45) is 2.61. The Bertz CT molecular complexity index is 1630. The van der Waals surface area contributed by atoms with Crippen molar-refractivity contribution >= 4 is 27.9 Å².